The molecule has 2 aromatic heterocycles. The number of nitrogens with one attached hydrogen (secondary N) is 2. The van der Waals surface area contributed by atoms with Crippen LogP contribution in [0.15, 0.2) is 18.5 Å². The average molecular weight is 281 g/mol. The van der Waals surface area contributed by atoms with E-state index >= 15 is 0 Å². The number of nitrogen functional groups attached to an aromatic ring is 2. The molecule has 1 amide bonds. The van der Waals surface area contributed by atoms with Gasteiger partial charge in [-0.2, -0.15) is 5.10 Å². The number of nitrogens with two attached hydrogens (primary N) is 2. The van der Waals surface area contributed by atoms with Crippen molar-refractivity contribution in [1.29, 1.82) is 5.41 Å². The molecular formula is C9H9ClN8O. The number of hydrogen-bond acceptors (Lipinski definition) is 7. The van der Waals surface area contributed by atoms with Gasteiger partial charge in [0.1, 0.15) is 0 Å². The van der Waals surface area contributed by atoms with Crippen LogP contribution in [0.3, 0.4) is 0 Å². The molecule has 0 saturated carbocycles. The third-order valence-corrected chi connectivity index (χ3v) is 2.36. The van der Waals surface area contributed by atoms with Crippen LogP contribution in [-0.4, -0.2) is 31.6 Å². The second-order valence-electron chi connectivity index (χ2n) is 3.39. The number of rotatable bonds is 1. The standard InChI is InChI=1S/C9H9ClN8O/c10-5-7(12)16-6(11)4(15-5)8(19)17-9(13)18-3-1-2-14-18/h1-3H,(H4,11,12,16)(H2,13,17,19). The number of nitrogens with zero attached hydrogens (tertiary/aromatic N) is 4. The van der Waals surface area contributed by atoms with Gasteiger partial charge in [-0.15, -0.1) is 0 Å². The molecule has 98 valence electrons. The van der Waals surface area contributed by atoms with Gasteiger partial charge < -0.3 is 11.5 Å². The van der Waals surface area contributed by atoms with E-state index in [1.807, 2.05) is 0 Å². The van der Waals surface area contributed by atoms with Crippen molar-refractivity contribution in [3.05, 3.63) is 29.3 Å². The Morgan fingerprint density at radius 1 is 1.37 bits per heavy atom. The first-order valence-corrected chi connectivity index (χ1v) is 5.35. The zero-order valence-corrected chi connectivity index (χ0v) is 10.2. The van der Waals surface area contributed by atoms with Crippen molar-refractivity contribution in [1.82, 2.24) is 25.1 Å². The highest BCUT2D eigenvalue weighted by molar-refractivity contribution is 6.31. The van der Waals surface area contributed by atoms with E-state index in [9.17, 15) is 4.79 Å². The summed E-state index contributed by atoms with van der Waals surface area (Å²) in [5.74, 6) is -1.23. The summed E-state index contributed by atoms with van der Waals surface area (Å²) < 4.78 is 1.15. The van der Waals surface area contributed by atoms with Crippen molar-refractivity contribution in [3.63, 3.8) is 0 Å². The lowest BCUT2D eigenvalue weighted by Crippen LogP contribution is -2.36. The fraction of sp³-hybridized carbons (Fsp3) is 0. The SMILES string of the molecule is N=C(NC(=O)c1nc(Cl)c(N)nc1N)n1cccn1. The Bertz CT molecular complexity index is 638. The average Bonchev–Trinajstić information content (AvgIpc) is 2.87. The second-order valence-corrected chi connectivity index (χ2v) is 3.74. The Kier molecular flexibility index (Phi) is 3.29. The Morgan fingerprint density at radius 3 is 2.74 bits per heavy atom. The fourth-order valence-corrected chi connectivity index (χ4v) is 1.36. The van der Waals surface area contributed by atoms with E-state index in [-0.39, 0.29) is 28.4 Å². The highest BCUT2D eigenvalue weighted by Crippen LogP contribution is 2.17. The van der Waals surface area contributed by atoms with Crippen LogP contribution < -0.4 is 16.8 Å². The van der Waals surface area contributed by atoms with Crippen molar-refractivity contribution in [2.24, 2.45) is 0 Å². The lowest BCUT2D eigenvalue weighted by molar-refractivity contribution is 0.0971. The molecule has 0 spiro atoms. The Morgan fingerprint density at radius 2 is 2.11 bits per heavy atom. The van der Waals surface area contributed by atoms with E-state index in [1.165, 1.54) is 12.4 Å². The van der Waals surface area contributed by atoms with E-state index in [0.29, 0.717) is 0 Å². The highest BCUT2D eigenvalue weighted by atomic mass is 35.5. The molecule has 2 heterocycles. The lowest BCUT2D eigenvalue weighted by atomic mass is 10.4. The summed E-state index contributed by atoms with van der Waals surface area (Å²) in [4.78, 5) is 19.3. The number of carbonyl (C=O) groups is 1. The van der Waals surface area contributed by atoms with Gasteiger partial charge in [0.2, 0.25) is 5.96 Å². The summed E-state index contributed by atoms with van der Waals surface area (Å²) in [5, 5.41) is 13.5. The van der Waals surface area contributed by atoms with Gasteiger partial charge in [0, 0.05) is 12.4 Å². The normalized spacial score (nSPS) is 10.2. The van der Waals surface area contributed by atoms with Gasteiger partial charge >= 0.3 is 0 Å². The van der Waals surface area contributed by atoms with E-state index in [2.05, 4.69) is 20.4 Å². The van der Waals surface area contributed by atoms with Gasteiger partial charge in [-0.1, -0.05) is 11.6 Å². The molecule has 0 aromatic carbocycles. The molecule has 0 fully saturated rings. The van der Waals surface area contributed by atoms with Crippen molar-refractivity contribution >= 4 is 35.1 Å². The number of amides is 1. The molecular weight excluding hydrogens is 272 g/mol. The van der Waals surface area contributed by atoms with Crippen molar-refractivity contribution < 1.29 is 4.79 Å². The summed E-state index contributed by atoms with van der Waals surface area (Å²) in [6.07, 6.45) is 2.96. The van der Waals surface area contributed by atoms with Crippen LogP contribution in [0.5, 0.6) is 0 Å². The minimum Gasteiger partial charge on any atom is -0.382 e. The molecule has 0 bridgehead atoms. The summed E-state index contributed by atoms with van der Waals surface area (Å²) in [6.45, 7) is 0. The third kappa shape index (κ3) is 2.60. The zero-order valence-electron chi connectivity index (χ0n) is 9.46. The largest absolute Gasteiger partial charge is 0.382 e. The number of halogens is 1. The van der Waals surface area contributed by atoms with Gasteiger partial charge in [0.05, 0.1) is 0 Å². The molecule has 6 N–H and O–H groups in total. The molecule has 0 aliphatic heterocycles. The summed E-state index contributed by atoms with van der Waals surface area (Å²) >= 11 is 5.66. The van der Waals surface area contributed by atoms with Crippen LogP contribution in [-0.2, 0) is 0 Å². The summed E-state index contributed by atoms with van der Waals surface area (Å²) in [6, 6.07) is 1.61. The van der Waals surface area contributed by atoms with Gasteiger partial charge in [-0.05, 0) is 6.07 Å². The van der Waals surface area contributed by atoms with Gasteiger partial charge in [-0.25, -0.2) is 14.6 Å². The minimum absolute atomic E-state index is 0.0714. The Hall–Kier alpha value is -2.68. The molecule has 0 aliphatic carbocycles. The molecule has 0 saturated heterocycles. The Balaban J connectivity index is 2.21. The number of anilines is 2. The quantitative estimate of drug-likeness (QED) is 0.416. The molecule has 2 rings (SSSR count). The van der Waals surface area contributed by atoms with Gasteiger partial charge in [-0.3, -0.25) is 15.5 Å². The summed E-state index contributed by atoms with van der Waals surface area (Å²) in [5.41, 5.74) is 10.7. The van der Waals surface area contributed by atoms with Crippen LogP contribution in [0, 0.1) is 5.41 Å². The number of hydrogen-bond donors (Lipinski definition) is 4. The topological polar surface area (TPSA) is 149 Å². The molecule has 0 aliphatic rings. The summed E-state index contributed by atoms with van der Waals surface area (Å²) in [7, 11) is 0. The lowest BCUT2D eigenvalue weighted by Gasteiger charge is -2.08. The smallest absolute Gasteiger partial charge is 0.280 e. The first kappa shape index (κ1) is 12.8. The van der Waals surface area contributed by atoms with E-state index in [1.54, 1.807) is 6.07 Å². The Labute approximate surface area is 112 Å². The van der Waals surface area contributed by atoms with E-state index in [0.717, 1.165) is 4.68 Å². The molecule has 10 heteroatoms. The van der Waals surface area contributed by atoms with Crippen molar-refractivity contribution in [2.45, 2.75) is 0 Å². The number of aromatic nitrogens is 4. The van der Waals surface area contributed by atoms with Gasteiger partial charge in [0.25, 0.3) is 5.91 Å². The van der Waals surface area contributed by atoms with Crippen LogP contribution in [0.25, 0.3) is 0 Å². The number of carbonyl (C=O) groups excluding carboxylic acids is 1. The van der Waals surface area contributed by atoms with Crippen LogP contribution in [0.1, 0.15) is 10.5 Å². The minimum atomic E-state index is -0.729. The zero-order chi connectivity index (χ0) is 14.0. The van der Waals surface area contributed by atoms with E-state index in [4.69, 9.17) is 28.5 Å². The van der Waals surface area contributed by atoms with Crippen LogP contribution in [0.4, 0.5) is 11.6 Å². The second kappa shape index (κ2) is 4.90. The predicted octanol–water partition coefficient (Wildman–Crippen LogP) is -0.296. The predicted molar refractivity (Wildman–Crippen MR) is 68.7 cm³/mol. The monoisotopic (exact) mass is 280 g/mol. The molecule has 9 nitrogen and oxygen atoms in total. The molecule has 0 radical (unpaired) electrons. The third-order valence-electron chi connectivity index (χ3n) is 2.09. The van der Waals surface area contributed by atoms with Crippen molar-refractivity contribution in [3.8, 4) is 0 Å². The highest BCUT2D eigenvalue weighted by Gasteiger charge is 2.17. The van der Waals surface area contributed by atoms with Crippen LogP contribution in [0.2, 0.25) is 5.15 Å². The molecule has 0 unspecified atom stereocenters. The maximum atomic E-state index is 11.9. The fourth-order valence-electron chi connectivity index (χ4n) is 1.23. The maximum Gasteiger partial charge on any atom is 0.280 e. The van der Waals surface area contributed by atoms with Gasteiger partial charge in [0.15, 0.2) is 22.5 Å². The molecule has 19 heavy (non-hydrogen) atoms. The van der Waals surface area contributed by atoms with Crippen molar-refractivity contribution in [2.75, 3.05) is 11.5 Å². The van der Waals surface area contributed by atoms with E-state index < -0.39 is 5.91 Å². The molecule has 0 atom stereocenters. The molecule has 2 aromatic rings. The first-order chi connectivity index (χ1) is 8.99. The maximum absolute atomic E-state index is 11.9. The first-order valence-electron chi connectivity index (χ1n) is 4.97. The van der Waals surface area contributed by atoms with Crippen LogP contribution >= 0.6 is 11.6 Å².